The van der Waals surface area contributed by atoms with Crippen LogP contribution >= 0.6 is 0 Å². The summed E-state index contributed by atoms with van der Waals surface area (Å²) in [6, 6.07) is 7.78. The molecule has 5 nitrogen and oxygen atoms in total. The maximum Gasteiger partial charge on any atom is 0.295 e. The van der Waals surface area contributed by atoms with Gasteiger partial charge in [0.1, 0.15) is 4.90 Å². The molecule has 18 heavy (non-hydrogen) atoms. The van der Waals surface area contributed by atoms with Crippen LogP contribution in [0.25, 0.3) is 0 Å². The molecular formula is C12H12O5S. The van der Waals surface area contributed by atoms with Crippen LogP contribution in [0.15, 0.2) is 52.2 Å². The van der Waals surface area contributed by atoms with Gasteiger partial charge in [-0.25, -0.2) is 0 Å². The second-order valence-corrected chi connectivity index (χ2v) is 4.82. The second kappa shape index (κ2) is 6.13. The van der Waals surface area contributed by atoms with E-state index >= 15 is 0 Å². The van der Waals surface area contributed by atoms with Crippen molar-refractivity contribution < 1.29 is 22.2 Å². The summed E-state index contributed by atoms with van der Waals surface area (Å²) in [5.41, 5.74) is 0.733. The molecule has 1 N–H and O–H groups in total. The van der Waals surface area contributed by atoms with Gasteiger partial charge < -0.3 is 4.42 Å². The minimum atomic E-state index is -4.29. The predicted molar refractivity (Wildman–Crippen MR) is 65.1 cm³/mol. The van der Waals surface area contributed by atoms with Crippen molar-refractivity contribution >= 4 is 16.4 Å². The first-order valence-electron chi connectivity index (χ1n) is 4.95. The Bertz CT molecular complexity index is 582. The molecule has 0 saturated heterocycles. The normalized spacial score (nSPS) is 10.3. The maximum absolute atomic E-state index is 10.7. The van der Waals surface area contributed by atoms with Crippen LogP contribution in [0.2, 0.25) is 0 Å². The Morgan fingerprint density at radius 2 is 1.83 bits per heavy atom. The fourth-order valence-electron chi connectivity index (χ4n) is 1.22. The topological polar surface area (TPSA) is 84.6 Å². The SMILES string of the molecule is Cc1ccc(S(=O)(=O)O)c(C=O)c1.c1ccoc1. The molecule has 0 amide bonds. The van der Waals surface area contributed by atoms with E-state index in [0.29, 0.717) is 6.29 Å². The fraction of sp³-hybridized carbons (Fsp3) is 0.0833. The molecule has 1 heterocycles. The van der Waals surface area contributed by atoms with Crippen LogP contribution in [0.5, 0.6) is 0 Å². The van der Waals surface area contributed by atoms with Crippen LogP contribution in [-0.4, -0.2) is 19.3 Å². The predicted octanol–water partition coefficient (Wildman–Crippen LogP) is 2.33. The molecule has 6 heteroatoms. The molecule has 0 aliphatic carbocycles. The number of hydrogen-bond acceptors (Lipinski definition) is 4. The van der Waals surface area contributed by atoms with Crippen molar-refractivity contribution in [3.8, 4) is 0 Å². The highest BCUT2D eigenvalue weighted by Gasteiger charge is 2.14. The van der Waals surface area contributed by atoms with Crippen LogP contribution in [-0.2, 0) is 10.1 Å². The molecule has 0 aliphatic heterocycles. The number of aldehydes is 1. The molecule has 2 rings (SSSR count). The van der Waals surface area contributed by atoms with Gasteiger partial charge in [0.2, 0.25) is 0 Å². The molecule has 1 aromatic carbocycles. The lowest BCUT2D eigenvalue weighted by Gasteiger charge is -2.01. The Morgan fingerprint density at radius 3 is 2.22 bits per heavy atom. The van der Waals surface area contributed by atoms with Crippen LogP contribution in [0.4, 0.5) is 0 Å². The van der Waals surface area contributed by atoms with Gasteiger partial charge in [-0.1, -0.05) is 11.6 Å². The molecule has 0 radical (unpaired) electrons. The Hall–Kier alpha value is -1.92. The van der Waals surface area contributed by atoms with E-state index in [-0.39, 0.29) is 10.5 Å². The monoisotopic (exact) mass is 268 g/mol. The first-order chi connectivity index (χ1) is 8.45. The van der Waals surface area contributed by atoms with Crippen molar-refractivity contribution in [2.24, 2.45) is 0 Å². The summed E-state index contributed by atoms with van der Waals surface area (Å²) < 4.78 is 34.7. The van der Waals surface area contributed by atoms with E-state index in [1.165, 1.54) is 18.2 Å². The second-order valence-electron chi connectivity index (χ2n) is 3.43. The Morgan fingerprint density at radius 1 is 1.22 bits per heavy atom. The number of aryl methyl sites for hydroxylation is 1. The number of hydrogen-bond donors (Lipinski definition) is 1. The van der Waals surface area contributed by atoms with E-state index in [4.69, 9.17) is 4.55 Å². The van der Waals surface area contributed by atoms with Crippen molar-refractivity contribution in [3.05, 3.63) is 54.0 Å². The molecular weight excluding hydrogens is 256 g/mol. The summed E-state index contributed by atoms with van der Waals surface area (Å²) in [7, 11) is -4.29. The smallest absolute Gasteiger partial charge is 0.295 e. The summed E-state index contributed by atoms with van der Waals surface area (Å²) in [5.74, 6) is 0. The Labute approximate surface area is 105 Å². The third-order valence-electron chi connectivity index (χ3n) is 2.00. The van der Waals surface area contributed by atoms with E-state index in [9.17, 15) is 13.2 Å². The summed E-state index contributed by atoms with van der Waals surface area (Å²) >= 11 is 0. The fourth-order valence-corrected chi connectivity index (χ4v) is 1.87. The average molecular weight is 268 g/mol. The largest absolute Gasteiger partial charge is 0.473 e. The van der Waals surface area contributed by atoms with Crippen molar-refractivity contribution in [3.63, 3.8) is 0 Å². The third kappa shape index (κ3) is 4.15. The molecule has 0 atom stereocenters. The summed E-state index contributed by atoms with van der Waals surface area (Å²) in [5, 5.41) is 0. The molecule has 0 spiro atoms. The molecule has 0 fully saturated rings. The van der Waals surface area contributed by atoms with Gasteiger partial charge in [-0.3, -0.25) is 9.35 Å². The van der Waals surface area contributed by atoms with Crippen molar-refractivity contribution in [1.29, 1.82) is 0 Å². The first kappa shape index (κ1) is 14.1. The molecule has 2 aromatic rings. The minimum absolute atomic E-state index is 0.0255. The third-order valence-corrected chi connectivity index (χ3v) is 2.92. The van der Waals surface area contributed by atoms with E-state index in [0.717, 1.165) is 5.56 Å². The van der Waals surface area contributed by atoms with Crippen molar-refractivity contribution in [2.45, 2.75) is 11.8 Å². The van der Waals surface area contributed by atoms with Gasteiger partial charge in [-0.15, -0.1) is 0 Å². The summed E-state index contributed by atoms with van der Waals surface area (Å²) in [4.78, 5) is 10.1. The number of benzene rings is 1. The van der Waals surface area contributed by atoms with Crippen LogP contribution < -0.4 is 0 Å². The highest BCUT2D eigenvalue weighted by Crippen LogP contribution is 2.14. The lowest BCUT2D eigenvalue weighted by molar-refractivity contribution is 0.112. The highest BCUT2D eigenvalue weighted by molar-refractivity contribution is 7.86. The lowest BCUT2D eigenvalue weighted by atomic mass is 10.2. The van der Waals surface area contributed by atoms with Crippen molar-refractivity contribution in [1.82, 2.24) is 0 Å². The zero-order valence-corrected chi connectivity index (χ0v) is 10.4. The zero-order chi connectivity index (χ0) is 13.6. The van der Waals surface area contributed by atoms with E-state index in [1.807, 2.05) is 12.1 Å². The summed E-state index contributed by atoms with van der Waals surface area (Å²) in [6.45, 7) is 1.72. The first-order valence-corrected chi connectivity index (χ1v) is 6.39. The van der Waals surface area contributed by atoms with E-state index in [1.54, 1.807) is 19.5 Å². The van der Waals surface area contributed by atoms with Crippen LogP contribution in [0.1, 0.15) is 15.9 Å². The maximum atomic E-state index is 10.7. The number of rotatable bonds is 2. The molecule has 0 aliphatic rings. The van der Waals surface area contributed by atoms with Gasteiger partial charge in [0, 0.05) is 5.56 Å². The number of furan rings is 1. The molecule has 0 bridgehead atoms. The highest BCUT2D eigenvalue weighted by atomic mass is 32.2. The van der Waals surface area contributed by atoms with E-state index in [2.05, 4.69) is 4.42 Å². The number of carbonyl (C=O) groups excluding carboxylic acids is 1. The quantitative estimate of drug-likeness (QED) is 0.667. The molecule has 0 unspecified atom stereocenters. The van der Waals surface area contributed by atoms with Gasteiger partial charge in [0.05, 0.1) is 12.5 Å². The summed E-state index contributed by atoms with van der Waals surface area (Å²) in [6.07, 6.45) is 3.65. The van der Waals surface area contributed by atoms with Gasteiger partial charge >= 0.3 is 0 Å². The molecule has 0 saturated carbocycles. The Balaban J connectivity index is 0.000000269. The molecule has 96 valence electrons. The standard InChI is InChI=1S/C8H8O4S.C4H4O/c1-6-2-3-8(13(10,11)12)7(4-6)5-9;1-2-4-5-3-1/h2-5H,1H3,(H,10,11,12);1-4H. The Kier molecular flexibility index (Phi) is 4.82. The van der Waals surface area contributed by atoms with Crippen LogP contribution in [0, 0.1) is 6.92 Å². The van der Waals surface area contributed by atoms with Crippen molar-refractivity contribution in [2.75, 3.05) is 0 Å². The number of carbonyl (C=O) groups is 1. The van der Waals surface area contributed by atoms with Gasteiger partial charge in [0.25, 0.3) is 10.1 Å². The van der Waals surface area contributed by atoms with Gasteiger partial charge in [0.15, 0.2) is 6.29 Å². The minimum Gasteiger partial charge on any atom is -0.473 e. The lowest BCUT2D eigenvalue weighted by Crippen LogP contribution is -2.02. The zero-order valence-electron chi connectivity index (χ0n) is 9.61. The average Bonchev–Trinajstić information content (AvgIpc) is 2.85. The van der Waals surface area contributed by atoms with Gasteiger partial charge in [-0.05, 0) is 31.2 Å². The van der Waals surface area contributed by atoms with Gasteiger partial charge in [-0.2, -0.15) is 8.42 Å². The van der Waals surface area contributed by atoms with E-state index < -0.39 is 10.1 Å². The van der Waals surface area contributed by atoms with Crippen LogP contribution in [0.3, 0.4) is 0 Å². The molecule has 1 aromatic heterocycles.